The molecule has 1 aromatic carbocycles. The second-order valence-electron chi connectivity index (χ2n) is 5.18. The molecule has 0 saturated carbocycles. The largest absolute Gasteiger partial charge is 0.475 e. The summed E-state index contributed by atoms with van der Waals surface area (Å²) in [4.78, 5) is 11.7. The molecule has 0 fully saturated rings. The molecular formula is C18H18N4O3. The van der Waals surface area contributed by atoms with Crippen LogP contribution in [0.1, 0.15) is 5.56 Å². The number of ether oxygens (including phenoxy) is 1. The van der Waals surface area contributed by atoms with Crippen LogP contribution in [0.2, 0.25) is 0 Å². The third kappa shape index (κ3) is 5.07. The molecule has 7 heteroatoms. The predicted molar refractivity (Wildman–Crippen MR) is 91.9 cm³/mol. The number of carbonyl (C=O) groups excluding carboxylic acids is 1. The van der Waals surface area contributed by atoms with Crippen LogP contribution in [0, 0.1) is 0 Å². The molecule has 3 rings (SSSR count). The van der Waals surface area contributed by atoms with Gasteiger partial charge in [-0.15, -0.1) is 10.2 Å². The number of hydrogen-bond donors (Lipinski definition) is 2. The van der Waals surface area contributed by atoms with Crippen molar-refractivity contribution in [2.45, 2.75) is 6.54 Å². The topological polar surface area (TPSA) is 89.3 Å². The summed E-state index contributed by atoms with van der Waals surface area (Å²) in [6.07, 6.45) is 1.58. The first-order chi connectivity index (χ1) is 12.3. The molecule has 128 valence electrons. The van der Waals surface area contributed by atoms with Crippen LogP contribution in [0.4, 0.5) is 4.79 Å². The van der Waals surface area contributed by atoms with Gasteiger partial charge in [0.2, 0.25) is 5.88 Å². The van der Waals surface area contributed by atoms with E-state index in [1.165, 1.54) is 0 Å². The van der Waals surface area contributed by atoms with E-state index in [1.807, 2.05) is 36.4 Å². The van der Waals surface area contributed by atoms with Crippen molar-refractivity contribution in [1.82, 2.24) is 20.8 Å². The zero-order valence-corrected chi connectivity index (χ0v) is 13.5. The number of rotatable bonds is 7. The molecule has 0 bridgehead atoms. The SMILES string of the molecule is O=C(NCCOc1ccc(-c2ccco2)nn1)NCc1ccccc1. The van der Waals surface area contributed by atoms with Gasteiger partial charge in [-0.25, -0.2) is 4.79 Å². The monoisotopic (exact) mass is 338 g/mol. The van der Waals surface area contributed by atoms with Crippen LogP contribution in [0.5, 0.6) is 5.88 Å². The highest BCUT2D eigenvalue weighted by Crippen LogP contribution is 2.17. The highest BCUT2D eigenvalue weighted by atomic mass is 16.5. The van der Waals surface area contributed by atoms with Crippen LogP contribution in [0.3, 0.4) is 0 Å². The molecule has 7 nitrogen and oxygen atoms in total. The second kappa shape index (κ2) is 8.49. The minimum absolute atomic E-state index is 0.244. The Kier molecular flexibility index (Phi) is 5.60. The average Bonchev–Trinajstić information content (AvgIpc) is 3.20. The fourth-order valence-corrected chi connectivity index (χ4v) is 2.11. The molecule has 0 radical (unpaired) electrons. The summed E-state index contributed by atoms with van der Waals surface area (Å²) < 4.78 is 10.7. The minimum atomic E-state index is -0.244. The van der Waals surface area contributed by atoms with Crippen LogP contribution in [0.25, 0.3) is 11.5 Å². The van der Waals surface area contributed by atoms with Gasteiger partial charge < -0.3 is 19.8 Å². The van der Waals surface area contributed by atoms with Gasteiger partial charge in [0.25, 0.3) is 0 Å². The van der Waals surface area contributed by atoms with E-state index in [2.05, 4.69) is 20.8 Å². The first-order valence-corrected chi connectivity index (χ1v) is 7.87. The number of hydrogen-bond acceptors (Lipinski definition) is 5. The van der Waals surface area contributed by atoms with Crippen molar-refractivity contribution in [3.05, 3.63) is 66.4 Å². The molecule has 0 aliphatic heterocycles. The molecule has 2 N–H and O–H groups in total. The summed E-state index contributed by atoms with van der Waals surface area (Å²) in [6.45, 7) is 1.14. The first kappa shape index (κ1) is 16.5. The first-order valence-electron chi connectivity index (χ1n) is 7.87. The Morgan fingerprint density at radius 3 is 2.60 bits per heavy atom. The number of urea groups is 1. The molecule has 2 amide bonds. The van der Waals surface area contributed by atoms with Gasteiger partial charge in [0.05, 0.1) is 12.8 Å². The average molecular weight is 338 g/mol. The zero-order valence-electron chi connectivity index (χ0n) is 13.5. The molecule has 0 unspecified atom stereocenters. The number of aromatic nitrogens is 2. The van der Waals surface area contributed by atoms with E-state index in [9.17, 15) is 4.79 Å². The van der Waals surface area contributed by atoms with Crippen LogP contribution in [-0.2, 0) is 6.54 Å². The minimum Gasteiger partial charge on any atom is -0.475 e. The lowest BCUT2D eigenvalue weighted by molar-refractivity contribution is 0.235. The van der Waals surface area contributed by atoms with Gasteiger partial charge in [0.15, 0.2) is 5.76 Å². The van der Waals surface area contributed by atoms with Crippen LogP contribution >= 0.6 is 0 Å². The van der Waals surface area contributed by atoms with Crippen LogP contribution in [-0.4, -0.2) is 29.4 Å². The van der Waals surface area contributed by atoms with Gasteiger partial charge in [-0.05, 0) is 23.8 Å². The van der Waals surface area contributed by atoms with Crippen molar-refractivity contribution >= 4 is 6.03 Å². The van der Waals surface area contributed by atoms with E-state index < -0.39 is 0 Å². The maximum atomic E-state index is 11.7. The van der Waals surface area contributed by atoms with E-state index >= 15 is 0 Å². The molecule has 0 saturated heterocycles. The lowest BCUT2D eigenvalue weighted by atomic mass is 10.2. The third-order valence-electron chi connectivity index (χ3n) is 3.35. The highest BCUT2D eigenvalue weighted by molar-refractivity contribution is 5.73. The fraction of sp³-hybridized carbons (Fsp3) is 0.167. The van der Waals surface area contributed by atoms with E-state index in [-0.39, 0.29) is 6.03 Å². The lowest BCUT2D eigenvalue weighted by Crippen LogP contribution is -2.37. The predicted octanol–water partition coefficient (Wildman–Crippen LogP) is 2.61. The molecule has 0 aliphatic carbocycles. The van der Waals surface area contributed by atoms with E-state index in [0.29, 0.717) is 37.0 Å². The van der Waals surface area contributed by atoms with Gasteiger partial charge in [-0.3, -0.25) is 0 Å². The van der Waals surface area contributed by atoms with Crippen molar-refractivity contribution in [3.8, 4) is 17.3 Å². The van der Waals surface area contributed by atoms with Gasteiger partial charge in [0, 0.05) is 12.6 Å². The number of nitrogens with one attached hydrogen (secondary N) is 2. The summed E-state index contributed by atoms with van der Waals surface area (Å²) in [6, 6.07) is 16.5. The van der Waals surface area contributed by atoms with Crippen molar-refractivity contribution < 1.29 is 13.9 Å². The standard InChI is InChI=1S/C18H18N4O3/c23-18(20-13-14-5-2-1-3-6-14)19-10-12-25-17-9-8-15(21-22-17)16-7-4-11-24-16/h1-9,11H,10,12-13H2,(H2,19,20,23). The number of furan rings is 1. The summed E-state index contributed by atoms with van der Waals surface area (Å²) in [5, 5.41) is 13.5. The van der Waals surface area contributed by atoms with E-state index in [0.717, 1.165) is 5.56 Å². The maximum Gasteiger partial charge on any atom is 0.315 e. The maximum absolute atomic E-state index is 11.7. The summed E-state index contributed by atoms with van der Waals surface area (Å²) in [5.74, 6) is 1.04. The summed E-state index contributed by atoms with van der Waals surface area (Å²) >= 11 is 0. The van der Waals surface area contributed by atoms with E-state index in [1.54, 1.807) is 24.5 Å². The number of nitrogens with zero attached hydrogens (tertiary/aromatic N) is 2. The van der Waals surface area contributed by atoms with Crippen LogP contribution < -0.4 is 15.4 Å². The molecule has 0 spiro atoms. The Bertz CT molecular complexity index is 774. The number of amides is 2. The van der Waals surface area contributed by atoms with Gasteiger partial charge in [0.1, 0.15) is 12.3 Å². The molecule has 0 aliphatic rings. The normalized spacial score (nSPS) is 10.2. The zero-order chi connectivity index (χ0) is 17.3. The fourth-order valence-electron chi connectivity index (χ4n) is 2.11. The summed E-state index contributed by atoms with van der Waals surface area (Å²) in [5.41, 5.74) is 1.68. The van der Waals surface area contributed by atoms with Crippen molar-refractivity contribution in [2.75, 3.05) is 13.2 Å². The number of carbonyl (C=O) groups is 1. The molecule has 25 heavy (non-hydrogen) atoms. The lowest BCUT2D eigenvalue weighted by Gasteiger charge is -2.08. The van der Waals surface area contributed by atoms with Crippen molar-refractivity contribution in [2.24, 2.45) is 0 Å². The third-order valence-corrected chi connectivity index (χ3v) is 3.35. The Labute approximate surface area is 145 Å². The molecule has 0 atom stereocenters. The smallest absolute Gasteiger partial charge is 0.315 e. The van der Waals surface area contributed by atoms with Crippen molar-refractivity contribution in [1.29, 1.82) is 0 Å². The Hall–Kier alpha value is -3.35. The summed E-state index contributed by atoms with van der Waals surface area (Å²) in [7, 11) is 0. The van der Waals surface area contributed by atoms with Gasteiger partial charge in [-0.2, -0.15) is 0 Å². The van der Waals surface area contributed by atoms with Crippen molar-refractivity contribution in [3.63, 3.8) is 0 Å². The quantitative estimate of drug-likeness (QED) is 0.646. The molecule has 2 aromatic heterocycles. The molecule has 3 aromatic rings. The Morgan fingerprint density at radius 1 is 1.00 bits per heavy atom. The van der Waals surface area contributed by atoms with E-state index in [4.69, 9.17) is 9.15 Å². The van der Waals surface area contributed by atoms with Gasteiger partial charge in [-0.1, -0.05) is 30.3 Å². The second-order valence-corrected chi connectivity index (χ2v) is 5.18. The van der Waals surface area contributed by atoms with Gasteiger partial charge >= 0.3 is 6.03 Å². The molecule has 2 heterocycles. The van der Waals surface area contributed by atoms with Crippen LogP contribution in [0.15, 0.2) is 65.3 Å². The molecular weight excluding hydrogens is 320 g/mol. The Morgan fingerprint density at radius 2 is 1.88 bits per heavy atom. The highest BCUT2D eigenvalue weighted by Gasteiger charge is 2.04. The number of benzene rings is 1. The Balaban J connectivity index is 1.35.